The summed E-state index contributed by atoms with van der Waals surface area (Å²) in [5.41, 5.74) is 2.65. The fraction of sp³-hybridized carbons (Fsp3) is 0.0909. The van der Waals surface area contributed by atoms with Gasteiger partial charge in [-0.05, 0) is 42.0 Å². The number of benzene rings is 3. The van der Waals surface area contributed by atoms with Gasteiger partial charge >= 0.3 is 0 Å². The van der Waals surface area contributed by atoms with Crippen LogP contribution in [0.4, 0.5) is 17.1 Å². The Labute approximate surface area is 173 Å². The molecule has 0 saturated heterocycles. The Morgan fingerprint density at radius 2 is 1.59 bits per heavy atom. The molecule has 0 fully saturated rings. The summed E-state index contributed by atoms with van der Waals surface area (Å²) < 4.78 is 0. The Balaban J connectivity index is 1.66. The SMILES string of the molecule is O=C(CNc1cc(CO)ccc1Cl)Nc1ccccc1C(=O)Nc1ccccc1. The summed E-state index contributed by atoms with van der Waals surface area (Å²) in [6.07, 6.45) is 0. The zero-order valence-electron chi connectivity index (χ0n) is 15.5. The van der Waals surface area contributed by atoms with Gasteiger partial charge < -0.3 is 21.1 Å². The Morgan fingerprint density at radius 1 is 0.862 bits per heavy atom. The Morgan fingerprint density at radius 3 is 2.34 bits per heavy atom. The van der Waals surface area contributed by atoms with Crippen molar-refractivity contribution in [2.75, 3.05) is 22.5 Å². The maximum absolute atomic E-state index is 12.6. The van der Waals surface area contributed by atoms with Crippen molar-refractivity contribution in [1.82, 2.24) is 0 Å². The molecule has 0 heterocycles. The van der Waals surface area contributed by atoms with E-state index in [0.717, 1.165) is 0 Å². The van der Waals surface area contributed by atoms with E-state index in [1.54, 1.807) is 54.6 Å². The van der Waals surface area contributed by atoms with Gasteiger partial charge in [-0.1, -0.05) is 48.0 Å². The molecule has 2 amide bonds. The fourth-order valence-electron chi connectivity index (χ4n) is 2.69. The Bertz CT molecular complexity index is 1010. The third-order valence-corrected chi connectivity index (χ3v) is 4.46. The van der Waals surface area contributed by atoms with Crippen LogP contribution in [0.2, 0.25) is 5.02 Å². The van der Waals surface area contributed by atoms with Gasteiger partial charge in [0.15, 0.2) is 0 Å². The molecule has 0 aliphatic carbocycles. The van der Waals surface area contributed by atoms with Crippen LogP contribution in [-0.2, 0) is 11.4 Å². The minimum Gasteiger partial charge on any atom is -0.392 e. The van der Waals surface area contributed by atoms with Crippen molar-refractivity contribution in [3.05, 3.63) is 88.9 Å². The van der Waals surface area contributed by atoms with E-state index in [4.69, 9.17) is 11.6 Å². The highest BCUT2D eigenvalue weighted by molar-refractivity contribution is 6.33. The van der Waals surface area contributed by atoms with Crippen molar-refractivity contribution in [2.45, 2.75) is 6.61 Å². The van der Waals surface area contributed by atoms with E-state index in [1.165, 1.54) is 0 Å². The van der Waals surface area contributed by atoms with Gasteiger partial charge in [0.25, 0.3) is 5.91 Å². The molecule has 0 aliphatic rings. The lowest BCUT2D eigenvalue weighted by atomic mass is 10.1. The second-order valence-electron chi connectivity index (χ2n) is 6.24. The molecule has 0 radical (unpaired) electrons. The predicted octanol–water partition coefficient (Wildman–Crippen LogP) is 4.14. The summed E-state index contributed by atoms with van der Waals surface area (Å²) in [7, 11) is 0. The maximum atomic E-state index is 12.6. The zero-order chi connectivity index (χ0) is 20.6. The largest absolute Gasteiger partial charge is 0.392 e. The summed E-state index contributed by atoms with van der Waals surface area (Å²) in [4.78, 5) is 25.0. The smallest absolute Gasteiger partial charge is 0.257 e. The predicted molar refractivity (Wildman–Crippen MR) is 115 cm³/mol. The second-order valence-corrected chi connectivity index (χ2v) is 6.65. The number of para-hydroxylation sites is 2. The highest BCUT2D eigenvalue weighted by Crippen LogP contribution is 2.23. The number of hydrogen-bond donors (Lipinski definition) is 4. The molecule has 0 aromatic heterocycles. The van der Waals surface area contributed by atoms with Gasteiger partial charge in [-0.2, -0.15) is 0 Å². The van der Waals surface area contributed by atoms with Crippen molar-refractivity contribution in [2.24, 2.45) is 0 Å². The third kappa shape index (κ3) is 5.57. The number of rotatable bonds is 7. The molecular formula is C22H20ClN3O3. The normalized spacial score (nSPS) is 10.3. The van der Waals surface area contributed by atoms with E-state index in [1.807, 2.05) is 18.2 Å². The van der Waals surface area contributed by atoms with Gasteiger partial charge in [0.1, 0.15) is 0 Å². The zero-order valence-corrected chi connectivity index (χ0v) is 16.2. The molecule has 0 saturated carbocycles. The van der Waals surface area contributed by atoms with Crippen molar-refractivity contribution in [3.8, 4) is 0 Å². The fourth-order valence-corrected chi connectivity index (χ4v) is 2.87. The van der Waals surface area contributed by atoms with Crippen LogP contribution in [0.3, 0.4) is 0 Å². The molecule has 0 unspecified atom stereocenters. The summed E-state index contributed by atoms with van der Waals surface area (Å²) >= 11 is 6.11. The highest BCUT2D eigenvalue weighted by atomic mass is 35.5. The number of carbonyl (C=O) groups is 2. The number of halogens is 1. The molecule has 3 aromatic carbocycles. The van der Waals surface area contributed by atoms with Crippen LogP contribution in [-0.4, -0.2) is 23.5 Å². The summed E-state index contributed by atoms with van der Waals surface area (Å²) in [6.45, 7) is -0.175. The van der Waals surface area contributed by atoms with E-state index in [-0.39, 0.29) is 25.0 Å². The van der Waals surface area contributed by atoms with Crippen LogP contribution in [0.15, 0.2) is 72.8 Å². The van der Waals surface area contributed by atoms with Gasteiger partial charge in [-0.25, -0.2) is 0 Å². The molecule has 3 rings (SSSR count). The van der Waals surface area contributed by atoms with Crippen LogP contribution in [0.25, 0.3) is 0 Å². The average molecular weight is 410 g/mol. The molecule has 0 atom stereocenters. The first-order chi connectivity index (χ1) is 14.1. The minimum atomic E-state index is -0.338. The molecule has 4 N–H and O–H groups in total. The molecule has 7 heteroatoms. The Hall–Kier alpha value is -3.35. The second kappa shape index (κ2) is 9.73. The van der Waals surface area contributed by atoms with Gasteiger partial charge in [0, 0.05) is 5.69 Å². The van der Waals surface area contributed by atoms with Crippen LogP contribution < -0.4 is 16.0 Å². The molecule has 0 aliphatic heterocycles. The monoisotopic (exact) mass is 409 g/mol. The van der Waals surface area contributed by atoms with Gasteiger partial charge in [0.05, 0.1) is 35.1 Å². The number of aliphatic hydroxyl groups is 1. The minimum absolute atomic E-state index is 0.0523. The summed E-state index contributed by atoms with van der Waals surface area (Å²) in [5, 5.41) is 18.2. The number of amides is 2. The summed E-state index contributed by atoms with van der Waals surface area (Å²) in [6, 6.07) is 20.9. The number of aliphatic hydroxyl groups excluding tert-OH is 1. The van der Waals surface area contributed by atoms with Crippen LogP contribution in [0.5, 0.6) is 0 Å². The molecule has 6 nitrogen and oxygen atoms in total. The summed E-state index contributed by atoms with van der Waals surface area (Å²) in [5.74, 6) is -0.658. The number of carbonyl (C=O) groups excluding carboxylic acids is 2. The van der Waals surface area contributed by atoms with Crippen molar-refractivity contribution >= 4 is 40.5 Å². The quantitative estimate of drug-likeness (QED) is 0.472. The van der Waals surface area contributed by atoms with Crippen LogP contribution in [0.1, 0.15) is 15.9 Å². The first-order valence-corrected chi connectivity index (χ1v) is 9.33. The Kier molecular flexibility index (Phi) is 6.84. The first kappa shape index (κ1) is 20.4. The first-order valence-electron chi connectivity index (χ1n) is 8.95. The maximum Gasteiger partial charge on any atom is 0.257 e. The van der Waals surface area contributed by atoms with Crippen molar-refractivity contribution in [1.29, 1.82) is 0 Å². The van der Waals surface area contributed by atoms with E-state index in [0.29, 0.717) is 33.2 Å². The van der Waals surface area contributed by atoms with Gasteiger partial charge in [0.2, 0.25) is 5.91 Å². The van der Waals surface area contributed by atoms with Crippen LogP contribution >= 0.6 is 11.6 Å². The van der Waals surface area contributed by atoms with E-state index >= 15 is 0 Å². The number of nitrogens with one attached hydrogen (secondary N) is 3. The molecule has 3 aromatic rings. The molecule has 0 bridgehead atoms. The molecule has 0 spiro atoms. The number of hydrogen-bond acceptors (Lipinski definition) is 4. The van der Waals surface area contributed by atoms with Crippen molar-refractivity contribution in [3.63, 3.8) is 0 Å². The van der Waals surface area contributed by atoms with Crippen molar-refractivity contribution < 1.29 is 14.7 Å². The number of anilines is 3. The van der Waals surface area contributed by atoms with Gasteiger partial charge in [-0.15, -0.1) is 0 Å². The standard InChI is InChI=1S/C22H20ClN3O3/c23-18-11-10-15(14-27)12-20(18)24-13-21(28)26-19-9-5-4-8-17(19)22(29)25-16-6-2-1-3-7-16/h1-12,24,27H,13-14H2,(H,25,29)(H,26,28). The van der Waals surface area contributed by atoms with E-state index in [2.05, 4.69) is 16.0 Å². The average Bonchev–Trinajstić information content (AvgIpc) is 2.74. The molecule has 29 heavy (non-hydrogen) atoms. The van der Waals surface area contributed by atoms with Gasteiger partial charge in [-0.3, -0.25) is 9.59 Å². The third-order valence-electron chi connectivity index (χ3n) is 4.13. The molecule has 148 valence electrons. The lowest BCUT2D eigenvalue weighted by Crippen LogP contribution is -2.24. The lowest BCUT2D eigenvalue weighted by molar-refractivity contribution is -0.114. The highest BCUT2D eigenvalue weighted by Gasteiger charge is 2.13. The van der Waals surface area contributed by atoms with E-state index in [9.17, 15) is 14.7 Å². The molecular weight excluding hydrogens is 390 g/mol. The van der Waals surface area contributed by atoms with Crippen LogP contribution in [0, 0.1) is 0 Å². The topological polar surface area (TPSA) is 90.5 Å². The van der Waals surface area contributed by atoms with E-state index < -0.39 is 0 Å². The lowest BCUT2D eigenvalue weighted by Gasteiger charge is -2.13.